The summed E-state index contributed by atoms with van der Waals surface area (Å²) in [6.07, 6.45) is 4.86. The highest BCUT2D eigenvalue weighted by Crippen LogP contribution is 2.30. The summed E-state index contributed by atoms with van der Waals surface area (Å²) in [6, 6.07) is 11.8. The molecule has 0 spiro atoms. The van der Waals surface area contributed by atoms with E-state index in [2.05, 4.69) is 28.1 Å². The second kappa shape index (κ2) is 5.90. The summed E-state index contributed by atoms with van der Waals surface area (Å²) >= 11 is 3.42. The van der Waals surface area contributed by atoms with Crippen LogP contribution in [0.1, 0.15) is 29.5 Å². The molecule has 0 aliphatic heterocycles. The summed E-state index contributed by atoms with van der Waals surface area (Å²) in [7, 11) is 0. The molecule has 0 bridgehead atoms. The third-order valence-electron chi connectivity index (χ3n) is 3.79. The lowest BCUT2D eigenvalue weighted by molar-refractivity contribution is 0.480. The molecule has 108 valence electrons. The fraction of sp³-hybridized carbons (Fsp3) is 0.235. The van der Waals surface area contributed by atoms with Gasteiger partial charge in [-0.05, 0) is 83.1 Å². The average Bonchev–Trinajstić information content (AvgIpc) is 2.47. The molecule has 0 atom stereocenters. The molecule has 0 fully saturated rings. The smallest absolute Gasteiger partial charge is 0.128 e. The zero-order valence-electron chi connectivity index (χ0n) is 11.7. The third-order valence-corrected chi connectivity index (χ3v) is 4.44. The number of ether oxygens (including phenoxy) is 1. The van der Waals surface area contributed by atoms with E-state index in [4.69, 9.17) is 15.9 Å². The van der Waals surface area contributed by atoms with E-state index in [0.717, 1.165) is 22.4 Å². The number of benzene rings is 2. The van der Waals surface area contributed by atoms with E-state index in [1.807, 2.05) is 18.2 Å². The van der Waals surface area contributed by atoms with Crippen LogP contribution in [-0.2, 0) is 12.8 Å². The first-order valence-electron chi connectivity index (χ1n) is 7.07. The van der Waals surface area contributed by atoms with Gasteiger partial charge in [-0.3, -0.25) is 5.41 Å². The molecule has 3 rings (SSSR count). The van der Waals surface area contributed by atoms with Crippen LogP contribution in [-0.4, -0.2) is 5.84 Å². The maximum atomic E-state index is 7.48. The average molecular weight is 345 g/mol. The van der Waals surface area contributed by atoms with Crippen LogP contribution in [0.5, 0.6) is 11.5 Å². The number of nitrogens with one attached hydrogen (secondary N) is 1. The Balaban J connectivity index is 1.83. The van der Waals surface area contributed by atoms with E-state index in [1.165, 1.54) is 30.4 Å². The fourth-order valence-corrected chi connectivity index (χ4v) is 3.26. The van der Waals surface area contributed by atoms with E-state index < -0.39 is 0 Å². The molecule has 0 heterocycles. The zero-order chi connectivity index (χ0) is 14.8. The van der Waals surface area contributed by atoms with E-state index in [-0.39, 0.29) is 5.84 Å². The molecular weight excluding hydrogens is 328 g/mol. The highest BCUT2D eigenvalue weighted by Gasteiger charge is 2.11. The van der Waals surface area contributed by atoms with Crippen LogP contribution in [0.25, 0.3) is 0 Å². The Labute approximate surface area is 132 Å². The summed E-state index contributed by atoms with van der Waals surface area (Å²) in [4.78, 5) is 0. The molecule has 0 aromatic heterocycles. The minimum Gasteiger partial charge on any atom is -0.457 e. The van der Waals surface area contributed by atoms with E-state index in [9.17, 15) is 0 Å². The maximum absolute atomic E-state index is 7.48. The van der Waals surface area contributed by atoms with Crippen molar-refractivity contribution in [3.05, 3.63) is 57.6 Å². The Morgan fingerprint density at radius 1 is 1.00 bits per heavy atom. The van der Waals surface area contributed by atoms with Crippen molar-refractivity contribution < 1.29 is 4.74 Å². The molecule has 3 nitrogen and oxygen atoms in total. The molecule has 2 aromatic carbocycles. The first-order chi connectivity index (χ1) is 10.1. The van der Waals surface area contributed by atoms with Crippen LogP contribution in [0.15, 0.2) is 40.9 Å². The summed E-state index contributed by atoms with van der Waals surface area (Å²) < 4.78 is 6.69. The van der Waals surface area contributed by atoms with Gasteiger partial charge in [-0.15, -0.1) is 0 Å². The van der Waals surface area contributed by atoms with Crippen LogP contribution >= 0.6 is 15.9 Å². The van der Waals surface area contributed by atoms with Gasteiger partial charge in [0.2, 0.25) is 0 Å². The first kappa shape index (κ1) is 14.1. The molecule has 3 N–H and O–H groups in total. The summed E-state index contributed by atoms with van der Waals surface area (Å²) in [5.41, 5.74) is 9.03. The zero-order valence-corrected chi connectivity index (χ0v) is 13.2. The highest BCUT2D eigenvalue weighted by atomic mass is 79.9. The van der Waals surface area contributed by atoms with E-state index >= 15 is 0 Å². The minimum absolute atomic E-state index is 0.0437. The molecule has 4 heteroatoms. The number of halogens is 1. The van der Waals surface area contributed by atoms with Gasteiger partial charge < -0.3 is 10.5 Å². The number of hydrogen-bond acceptors (Lipinski definition) is 2. The van der Waals surface area contributed by atoms with Gasteiger partial charge in [0.15, 0.2) is 0 Å². The van der Waals surface area contributed by atoms with Crippen LogP contribution in [0.4, 0.5) is 0 Å². The van der Waals surface area contributed by atoms with Crippen molar-refractivity contribution in [1.82, 2.24) is 0 Å². The van der Waals surface area contributed by atoms with Crippen LogP contribution in [0, 0.1) is 5.41 Å². The van der Waals surface area contributed by atoms with Crippen LogP contribution in [0.3, 0.4) is 0 Å². The predicted octanol–water partition coefficient (Wildman–Crippen LogP) is 4.40. The van der Waals surface area contributed by atoms with E-state index in [1.54, 1.807) is 6.07 Å². The second-order valence-corrected chi connectivity index (χ2v) is 6.15. The minimum atomic E-state index is 0.0437. The molecule has 0 amide bonds. The quantitative estimate of drug-likeness (QED) is 0.640. The number of rotatable bonds is 3. The molecule has 1 aliphatic carbocycles. The lowest BCUT2D eigenvalue weighted by Gasteiger charge is -2.17. The van der Waals surface area contributed by atoms with Crippen molar-refractivity contribution in [3.63, 3.8) is 0 Å². The monoisotopic (exact) mass is 344 g/mol. The Bertz CT molecular complexity index is 697. The molecule has 1 aliphatic rings. The van der Waals surface area contributed by atoms with Gasteiger partial charge in [-0.1, -0.05) is 6.07 Å². The topological polar surface area (TPSA) is 59.1 Å². The highest BCUT2D eigenvalue weighted by molar-refractivity contribution is 9.10. The number of fused-ring (bicyclic) bond motifs is 1. The van der Waals surface area contributed by atoms with Gasteiger partial charge >= 0.3 is 0 Å². The standard InChI is InChI=1S/C17H17BrN2O/c18-16-10-14(7-8-15(16)17(19)20)21-13-6-5-11-3-1-2-4-12(11)9-13/h5-10H,1-4H2,(H3,19,20). The van der Waals surface area contributed by atoms with Crippen molar-refractivity contribution in [2.45, 2.75) is 25.7 Å². The van der Waals surface area contributed by atoms with Gasteiger partial charge in [-0.25, -0.2) is 0 Å². The lowest BCUT2D eigenvalue weighted by atomic mass is 9.92. The Hall–Kier alpha value is -1.81. The third kappa shape index (κ3) is 3.10. The van der Waals surface area contributed by atoms with Gasteiger partial charge in [0.25, 0.3) is 0 Å². The van der Waals surface area contributed by atoms with Crippen LogP contribution in [0.2, 0.25) is 0 Å². The maximum Gasteiger partial charge on any atom is 0.128 e. The number of hydrogen-bond donors (Lipinski definition) is 2. The lowest BCUT2D eigenvalue weighted by Crippen LogP contribution is -2.11. The largest absolute Gasteiger partial charge is 0.457 e. The number of nitrogen functional groups attached to an aromatic ring is 1. The van der Waals surface area contributed by atoms with Gasteiger partial charge in [0.05, 0.1) is 0 Å². The van der Waals surface area contributed by atoms with Gasteiger partial charge in [0.1, 0.15) is 17.3 Å². The van der Waals surface area contributed by atoms with Crippen molar-refractivity contribution in [2.75, 3.05) is 0 Å². The number of amidine groups is 1. The van der Waals surface area contributed by atoms with Gasteiger partial charge in [0, 0.05) is 10.0 Å². The summed E-state index contributed by atoms with van der Waals surface area (Å²) in [5.74, 6) is 1.64. The number of nitrogens with two attached hydrogens (primary N) is 1. The van der Waals surface area contributed by atoms with Gasteiger partial charge in [-0.2, -0.15) is 0 Å². The van der Waals surface area contributed by atoms with Crippen molar-refractivity contribution in [2.24, 2.45) is 5.73 Å². The summed E-state index contributed by atoms with van der Waals surface area (Å²) in [6.45, 7) is 0. The first-order valence-corrected chi connectivity index (χ1v) is 7.86. The number of aryl methyl sites for hydroxylation is 2. The van der Waals surface area contributed by atoms with E-state index in [0.29, 0.717) is 5.56 Å². The van der Waals surface area contributed by atoms with Crippen molar-refractivity contribution in [3.8, 4) is 11.5 Å². The van der Waals surface area contributed by atoms with Crippen LogP contribution < -0.4 is 10.5 Å². The Morgan fingerprint density at radius 2 is 1.67 bits per heavy atom. The Morgan fingerprint density at radius 3 is 2.38 bits per heavy atom. The molecule has 0 saturated heterocycles. The normalized spacial score (nSPS) is 13.6. The SMILES string of the molecule is N=C(N)c1ccc(Oc2ccc3c(c2)CCCC3)cc1Br. The second-order valence-electron chi connectivity index (χ2n) is 5.30. The van der Waals surface area contributed by atoms with Crippen molar-refractivity contribution >= 4 is 21.8 Å². The summed E-state index contributed by atoms with van der Waals surface area (Å²) in [5, 5.41) is 7.48. The molecule has 21 heavy (non-hydrogen) atoms. The molecular formula is C17H17BrN2O. The molecule has 2 aromatic rings. The predicted molar refractivity (Wildman–Crippen MR) is 88.3 cm³/mol. The Kier molecular flexibility index (Phi) is 3.97. The fourth-order valence-electron chi connectivity index (χ4n) is 2.69. The molecule has 0 radical (unpaired) electrons. The molecule has 0 unspecified atom stereocenters. The van der Waals surface area contributed by atoms with Crippen molar-refractivity contribution in [1.29, 1.82) is 5.41 Å². The molecule has 0 saturated carbocycles.